The van der Waals surface area contributed by atoms with E-state index in [-0.39, 0.29) is 11.7 Å². The number of nitro benzene ring substituents is 1. The summed E-state index contributed by atoms with van der Waals surface area (Å²) in [6.07, 6.45) is 1.86. The van der Waals surface area contributed by atoms with Gasteiger partial charge in [-0.3, -0.25) is 10.1 Å². The first-order valence-electron chi connectivity index (χ1n) is 6.20. The first-order chi connectivity index (χ1) is 9.12. The van der Waals surface area contributed by atoms with Gasteiger partial charge in [-0.15, -0.1) is 0 Å². The van der Waals surface area contributed by atoms with Crippen molar-refractivity contribution in [3.05, 3.63) is 28.3 Å². The fourth-order valence-corrected chi connectivity index (χ4v) is 1.88. The summed E-state index contributed by atoms with van der Waals surface area (Å²) < 4.78 is 10.1. The van der Waals surface area contributed by atoms with E-state index < -0.39 is 4.92 Å². The Labute approximate surface area is 112 Å². The molecule has 0 fully saturated rings. The summed E-state index contributed by atoms with van der Waals surface area (Å²) >= 11 is 0. The minimum absolute atomic E-state index is 0.0107. The van der Waals surface area contributed by atoms with E-state index in [9.17, 15) is 10.1 Å². The van der Waals surface area contributed by atoms with Gasteiger partial charge in [0.1, 0.15) is 11.4 Å². The standard InChI is InChI=1S/C13H20N2O4/c1-4-5-10(9-18-2)14-12-7-6-11(19-3)8-13(12)15(16)17/h6-8,10,14H,4-5,9H2,1-3H3. The zero-order valence-electron chi connectivity index (χ0n) is 11.5. The van der Waals surface area contributed by atoms with E-state index in [0.717, 1.165) is 12.8 Å². The molecule has 0 saturated carbocycles. The first kappa shape index (κ1) is 15.2. The highest BCUT2D eigenvalue weighted by atomic mass is 16.6. The fraction of sp³-hybridized carbons (Fsp3) is 0.538. The van der Waals surface area contributed by atoms with Crippen molar-refractivity contribution in [1.82, 2.24) is 0 Å². The number of hydrogen-bond acceptors (Lipinski definition) is 5. The average Bonchev–Trinajstić information content (AvgIpc) is 2.39. The van der Waals surface area contributed by atoms with Crippen molar-refractivity contribution in [1.29, 1.82) is 0 Å². The molecule has 0 aromatic heterocycles. The van der Waals surface area contributed by atoms with Gasteiger partial charge < -0.3 is 14.8 Å². The Kier molecular flexibility index (Phi) is 6.08. The summed E-state index contributed by atoms with van der Waals surface area (Å²) in [6, 6.07) is 4.83. The van der Waals surface area contributed by atoms with E-state index in [1.54, 1.807) is 19.2 Å². The Bertz CT molecular complexity index is 417. The van der Waals surface area contributed by atoms with Gasteiger partial charge in [-0.1, -0.05) is 13.3 Å². The van der Waals surface area contributed by atoms with Crippen LogP contribution in [0, 0.1) is 10.1 Å². The second-order valence-corrected chi connectivity index (χ2v) is 4.23. The van der Waals surface area contributed by atoms with Crippen LogP contribution in [0.5, 0.6) is 5.75 Å². The number of rotatable bonds is 8. The topological polar surface area (TPSA) is 73.6 Å². The predicted octanol–water partition coefficient (Wildman–Crippen LogP) is 2.83. The van der Waals surface area contributed by atoms with Crippen molar-refractivity contribution in [3.63, 3.8) is 0 Å². The molecule has 1 rings (SSSR count). The van der Waals surface area contributed by atoms with Gasteiger partial charge in [-0.25, -0.2) is 0 Å². The van der Waals surface area contributed by atoms with Gasteiger partial charge in [0.15, 0.2) is 0 Å². The molecule has 0 aliphatic carbocycles. The molecule has 0 amide bonds. The smallest absolute Gasteiger partial charge is 0.296 e. The number of benzene rings is 1. The monoisotopic (exact) mass is 268 g/mol. The van der Waals surface area contributed by atoms with Crippen LogP contribution in [0.2, 0.25) is 0 Å². The molecule has 0 spiro atoms. The molecule has 19 heavy (non-hydrogen) atoms. The van der Waals surface area contributed by atoms with E-state index >= 15 is 0 Å². The van der Waals surface area contributed by atoms with Crippen molar-refractivity contribution in [2.45, 2.75) is 25.8 Å². The Balaban J connectivity index is 2.94. The molecule has 0 aliphatic heterocycles. The SMILES string of the molecule is CCCC(COC)Nc1ccc(OC)cc1[N+](=O)[O-]. The number of nitrogens with one attached hydrogen (secondary N) is 1. The van der Waals surface area contributed by atoms with Crippen molar-refractivity contribution < 1.29 is 14.4 Å². The zero-order chi connectivity index (χ0) is 14.3. The fourth-order valence-electron chi connectivity index (χ4n) is 1.88. The van der Waals surface area contributed by atoms with E-state index in [2.05, 4.69) is 12.2 Å². The van der Waals surface area contributed by atoms with Crippen LogP contribution in [0.1, 0.15) is 19.8 Å². The predicted molar refractivity (Wildman–Crippen MR) is 73.8 cm³/mol. The van der Waals surface area contributed by atoms with Crippen molar-refractivity contribution in [2.24, 2.45) is 0 Å². The van der Waals surface area contributed by atoms with E-state index in [1.807, 2.05) is 0 Å². The van der Waals surface area contributed by atoms with E-state index in [4.69, 9.17) is 9.47 Å². The van der Waals surface area contributed by atoms with E-state index in [0.29, 0.717) is 18.0 Å². The van der Waals surface area contributed by atoms with Gasteiger partial charge in [0.05, 0.1) is 24.7 Å². The third kappa shape index (κ3) is 4.40. The van der Waals surface area contributed by atoms with Crippen LogP contribution in [0.25, 0.3) is 0 Å². The molecule has 1 N–H and O–H groups in total. The number of hydrogen-bond donors (Lipinski definition) is 1. The van der Waals surface area contributed by atoms with Gasteiger partial charge in [-0.05, 0) is 18.6 Å². The van der Waals surface area contributed by atoms with Crippen LogP contribution >= 0.6 is 0 Å². The van der Waals surface area contributed by atoms with Crippen molar-refractivity contribution in [2.75, 3.05) is 26.1 Å². The molecule has 1 unspecified atom stereocenters. The molecule has 6 heteroatoms. The molecule has 106 valence electrons. The number of anilines is 1. The summed E-state index contributed by atoms with van der Waals surface area (Å²) in [5.74, 6) is 0.469. The summed E-state index contributed by atoms with van der Waals surface area (Å²) in [4.78, 5) is 10.6. The minimum Gasteiger partial charge on any atom is -0.496 e. The zero-order valence-corrected chi connectivity index (χ0v) is 11.5. The lowest BCUT2D eigenvalue weighted by Crippen LogP contribution is -2.25. The number of methoxy groups -OCH3 is 2. The van der Waals surface area contributed by atoms with Gasteiger partial charge >= 0.3 is 0 Å². The summed E-state index contributed by atoms with van der Waals surface area (Å²) in [5, 5.41) is 14.2. The largest absolute Gasteiger partial charge is 0.496 e. The van der Waals surface area contributed by atoms with Gasteiger partial charge in [-0.2, -0.15) is 0 Å². The quantitative estimate of drug-likeness (QED) is 0.579. The average molecular weight is 268 g/mol. The maximum Gasteiger partial charge on any atom is 0.296 e. The Morgan fingerprint density at radius 3 is 2.68 bits per heavy atom. The molecule has 0 saturated heterocycles. The number of nitrogens with zero attached hydrogens (tertiary/aromatic N) is 1. The van der Waals surface area contributed by atoms with Crippen LogP contribution in [-0.4, -0.2) is 31.8 Å². The van der Waals surface area contributed by atoms with Crippen LogP contribution in [-0.2, 0) is 4.74 Å². The Morgan fingerprint density at radius 1 is 1.42 bits per heavy atom. The molecule has 0 aliphatic rings. The molecule has 0 radical (unpaired) electrons. The Hall–Kier alpha value is -1.82. The van der Waals surface area contributed by atoms with E-state index in [1.165, 1.54) is 13.2 Å². The van der Waals surface area contributed by atoms with Crippen LogP contribution in [0.15, 0.2) is 18.2 Å². The van der Waals surface area contributed by atoms with Crippen LogP contribution in [0.4, 0.5) is 11.4 Å². The third-order valence-corrected chi connectivity index (χ3v) is 2.77. The highest BCUT2D eigenvalue weighted by Gasteiger charge is 2.18. The highest BCUT2D eigenvalue weighted by molar-refractivity contribution is 5.64. The van der Waals surface area contributed by atoms with Gasteiger partial charge in [0, 0.05) is 13.2 Å². The lowest BCUT2D eigenvalue weighted by molar-refractivity contribution is -0.384. The molecular formula is C13H20N2O4. The number of nitro groups is 1. The number of ether oxygens (including phenoxy) is 2. The Morgan fingerprint density at radius 2 is 2.16 bits per heavy atom. The molecule has 0 bridgehead atoms. The summed E-state index contributed by atoms with van der Waals surface area (Å²) in [6.45, 7) is 2.57. The highest BCUT2D eigenvalue weighted by Crippen LogP contribution is 2.29. The molecule has 1 aromatic carbocycles. The minimum atomic E-state index is -0.416. The van der Waals surface area contributed by atoms with Crippen molar-refractivity contribution in [3.8, 4) is 5.75 Å². The first-order valence-corrected chi connectivity index (χ1v) is 6.20. The third-order valence-electron chi connectivity index (χ3n) is 2.77. The molecule has 0 heterocycles. The normalized spacial score (nSPS) is 11.9. The lowest BCUT2D eigenvalue weighted by Gasteiger charge is -2.18. The molecule has 1 aromatic rings. The lowest BCUT2D eigenvalue weighted by atomic mass is 10.1. The maximum absolute atomic E-state index is 11.1. The van der Waals surface area contributed by atoms with Gasteiger partial charge in [0.2, 0.25) is 0 Å². The second kappa shape index (κ2) is 7.58. The summed E-state index contributed by atoms with van der Waals surface area (Å²) in [7, 11) is 3.10. The van der Waals surface area contributed by atoms with Gasteiger partial charge in [0.25, 0.3) is 5.69 Å². The van der Waals surface area contributed by atoms with Crippen LogP contribution < -0.4 is 10.1 Å². The second-order valence-electron chi connectivity index (χ2n) is 4.23. The molecular weight excluding hydrogens is 248 g/mol. The van der Waals surface area contributed by atoms with Crippen molar-refractivity contribution >= 4 is 11.4 Å². The molecule has 1 atom stereocenters. The molecule has 6 nitrogen and oxygen atoms in total. The maximum atomic E-state index is 11.1. The summed E-state index contributed by atoms with van der Waals surface area (Å²) in [5.41, 5.74) is 0.498. The van der Waals surface area contributed by atoms with Crippen LogP contribution in [0.3, 0.4) is 0 Å².